The van der Waals surface area contributed by atoms with E-state index in [4.69, 9.17) is 11.6 Å². The first-order valence-corrected chi connectivity index (χ1v) is 7.88. The Kier molecular flexibility index (Phi) is 3.82. The van der Waals surface area contributed by atoms with Crippen LogP contribution >= 0.6 is 11.6 Å². The Hall–Kier alpha value is -1.86. The highest BCUT2D eigenvalue weighted by Crippen LogP contribution is 2.21. The Morgan fingerprint density at radius 3 is 2.70 bits per heavy atom. The topological polar surface area (TPSA) is 91.9 Å². The summed E-state index contributed by atoms with van der Waals surface area (Å²) in [6.07, 6.45) is 0.908. The normalized spacial score (nSPS) is 11.3. The number of sulfonamides is 1. The quantitative estimate of drug-likeness (QED) is 0.902. The minimum absolute atomic E-state index is 0.0328. The molecule has 106 valence electrons. The first-order chi connectivity index (χ1) is 9.26. The third-order valence-electron chi connectivity index (χ3n) is 2.48. The fraction of sp³-hybridized carbons (Fsp3) is 0.167. The summed E-state index contributed by atoms with van der Waals surface area (Å²) in [5.41, 5.74) is 1.21. The maximum absolute atomic E-state index is 11.8. The number of aromatic amines is 1. The van der Waals surface area contributed by atoms with Gasteiger partial charge >= 0.3 is 0 Å². The predicted molar refractivity (Wildman–Crippen MR) is 76.1 cm³/mol. The average Bonchev–Trinajstić information content (AvgIpc) is 2.69. The molecule has 0 aliphatic carbocycles. The maximum Gasteiger partial charge on any atom is 0.285 e. The molecule has 0 unspecified atom stereocenters. The van der Waals surface area contributed by atoms with Crippen LogP contribution in [0.15, 0.2) is 24.3 Å². The van der Waals surface area contributed by atoms with Crippen molar-refractivity contribution in [3.63, 3.8) is 0 Å². The van der Waals surface area contributed by atoms with Gasteiger partial charge in [0.25, 0.3) is 5.91 Å². The third kappa shape index (κ3) is 3.37. The number of carbonyl (C=O) groups is 1. The predicted octanol–water partition coefficient (Wildman–Crippen LogP) is 1.73. The molecule has 8 heteroatoms. The smallest absolute Gasteiger partial charge is 0.285 e. The number of amides is 1. The SMILES string of the molecule is Cc1[nH]c(-c2cccc(Cl)c2)nc1C(=O)NS(C)(=O)=O. The van der Waals surface area contributed by atoms with Crippen LogP contribution in [0.3, 0.4) is 0 Å². The standard InChI is InChI=1S/C12H12ClN3O3S/c1-7-10(12(17)16-20(2,18)19)15-11(14-7)8-4-3-5-9(13)6-8/h3-6H,1-2H3,(H,14,15)(H,16,17). The number of H-pyrrole nitrogens is 1. The van der Waals surface area contributed by atoms with E-state index in [9.17, 15) is 13.2 Å². The van der Waals surface area contributed by atoms with Crippen molar-refractivity contribution in [2.45, 2.75) is 6.92 Å². The number of aryl methyl sites for hydroxylation is 1. The Balaban J connectivity index is 2.37. The molecule has 2 aromatic rings. The van der Waals surface area contributed by atoms with Gasteiger partial charge in [-0.05, 0) is 19.1 Å². The van der Waals surface area contributed by atoms with Gasteiger partial charge in [-0.25, -0.2) is 18.1 Å². The van der Waals surface area contributed by atoms with Gasteiger partial charge in [0.05, 0.1) is 6.26 Å². The number of carbonyl (C=O) groups excluding carboxylic acids is 1. The zero-order valence-electron chi connectivity index (χ0n) is 10.8. The molecule has 0 saturated heterocycles. The van der Waals surface area contributed by atoms with E-state index in [-0.39, 0.29) is 5.69 Å². The van der Waals surface area contributed by atoms with Crippen LogP contribution in [0, 0.1) is 6.92 Å². The highest BCUT2D eigenvalue weighted by molar-refractivity contribution is 7.89. The number of nitrogens with zero attached hydrogens (tertiary/aromatic N) is 1. The number of rotatable bonds is 3. The van der Waals surface area contributed by atoms with Crippen LogP contribution in [0.5, 0.6) is 0 Å². The van der Waals surface area contributed by atoms with Gasteiger partial charge in [0.2, 0.25) is 10.0 Å². The van der Waals surface area contributed by atoms with Gasteiger partial charge in [0.15, 0.2) is 5.69 Å². The second-order valence-electron chi connectivity index (χ2n) is 4.27. The van der Waals surface area contributed by atoms with Crippen LogP contribution in [0.25, 0.3) is 11.4 Å². The molecule has 2 rings (SSSR count). The molecule has 0 fully saturated rings. The van der Waals surface area contributed by atoms with Crippen molar-refractivity contribution >= 4 is 27.5 Å². The molecule has 0 atom stereocenters. The molecular weight excluding hydrogens is 302 g/mol. The summed E-state index contributed by atoms with van der Waals surface area (Å²) in [6, 6.07) is 6.95. The van der Waals surface area contributed by atoms with Crippen molar-refractivity contribution < 1.29 is 13.2 Å². The number of benzene rings is 1. The van der Waals surface area contributed by atoms with E-state index in [0.717, 1.165) is 6.26 Å². The number of aromatic nitrogens is 2. The van der Waals surface area contributed by atoms with Crippen LogP contribution in [0.2, 0.25) is 5.02 Å². The molecule has 20 heavy (non-hydrogen) atoms. The zero-order chi connectivity index (χ0) is 14.9. The molecule has 0 saturated carbocycles. The van der Waals surface area contributed by atoms with Crippen molar-refractivity contribution in [2.24, 2.45) is 0 Å². The highest BCUT2D eigenvalue weighted by Gasteiger charge is 2.18. The summed E-state index contributed by atoms with van der Waals surface area (Å²) in [5.74, 6) is -0.321. The minimum atomic E-state index is -3.62. The number of hydrogen-bond acceptors (Lipinski definition) is 4. The molecule has 0 radical (unpaired) electrons. The molecule has 2 N–H and O–H groups in total. The number of hydrogen-bond donors (Lipinski definition) is 2. The van der Waals surface area contributed by atoms with Crippen molar-refractivity contribution in [1.82, 2.24) is 14.7 Å². The minimum Gasteiger partial charge on any atom is -0.341 e. The number of halogens is 1. The van der Waals surface area contributed by atoms with E-state index in [1.807, 2.05) is 4.72 Å². The van der Waals surface area contributed by atoms with Crippen molar-refractivity contribution in [3.8, 4) is 11.4 Å². The summed E-state index contributed by atoms with van der Waals surface area (Å²) >= 11 is 5.89. The summed E-state index contributed by atoms with van der Waals surface area (Å²) in [5, 5.41) is 0.540. The van der Waals surface area contributed by atoms with Crippen LogP contribution in [-0.2, 0) is 10.0 Å². The van der Waals surface area contributed by atoms with Crippen LogP contribution < -0.4 is 4.72 Å². The van der Waals surface area contributed by atoms with Gasteiger partial charge in [-0.1, -0.05) is 23.7 Å². The average molecular weight is 314 g/mol. The summed E-state index contributed by atoms with van der Waals surface area (Å²) < 4.78 is 24.0. The lowest BCUT2D eigenvalue weighted by atomic mass is 10.2. The molecular formula is C12H12ClN3O3S. The molecule has 1 amide bonds. The first kappa shape index (κ1) is 14.5. The number of imidazole rings is 1. The van der Waals surface area contributed by atoms with Gasteiger partial charge in [0, 0.05) is 16.3 Å². The molecule has 0 bridgehead atoms. The molecule has 1 aromatic heterocycles. The zero-order valence-corrected chi connectivity index (χ0v) is 12.3. The second kappa shape index (κ2) is 5.26. The monoisotopic (exact) mass is 313 g/mol. The van der Waals surface area contributed by atoms with Crippen LogP contribution in [-0.4, -0.2) is 30.5 Å². The van der Waals surface area contributed by atoms with Gasteiger partial charge in [-0.15, -0.1) is 0 Å². The third-order valence-corrected chi connectivity index (χ3v) is 3.27. The van der Waals surface area contributed by atoms with E-state index < -0.39 is 15.9 Å². The lowest BCUT2D eigenvalue weighted by Crippen LogP contribution is -2.30. The van der Waals surface area contributed by atoms with E-state index >= 15 is 0 Å². The molecule has 1 aromatic carbocycles. The van der Waals surface area contributed by atoms with E-state index in [0.29, 0.717) is 22.1 Å². The van der Waals surface area contributed by atoms with Crippen LogP contribution in [0.4, 0.5) is 0 Å². The van der Waals surface area contributed by atoms with Gasteiger partial charge in [-0.2, -0.15) is 0 Å². The van der Waals surface area contributed by atoms with Gasteiger partial charge < -0.3 is 4.98 Å². The van der Waals surface area contributed by atoms with Crippen molar-refractivity contribution in [2.75, 3.05) is 6.26 Å². The van der Waals surface area contributed by atoms with Crippen molar-refractivity contribution in [1.29, 1.82) is 0 Å². The molecule has 0 aliphatic rings. The fourth-order valence-corrected chi connectivity index (χ4v) is 2.29. The Labute approximate surface area is 121 Å². The van der Waals surface area contributed by atoms with Gasteiger partial charge in [0.1, 0.15) is 5.82 Å². The molecule has 6 nitrogen and oxygen atoms in total. The largest absolute Gasteiger partial charge is 0.341 e. The highest BCUT2D eigenvalue weighted by atomic mass is 35.5. The Morgan fingerprint density at radius 1 is 1.40 bits per heavy atom. The Bertz CT molecular complexity index is 768. The van der Waals surface area contributed by atoms with Crippen LogP contribution in [0.1, 0.15) is 16.2 Å². The maximum atomic E-state index is 11.8. The van der Waals surface area contributed by atoms with E-state index in [1.165, 1.54) is 0 Å². The lowest BCUT2D eigenvalue weighted by molar-refractivity contribution is 0.0977. The van der Waals surface area contributed by atoms with Gasteiger partial charge in [-0.3, -0.25) is 4.79 Å². The molecule has 1 heterocycles. The summed E-state index contributed by atoms with van der Waals surface area (Å²) in [6.45, 7) is 1.64. The van der Waals surface area contributed by atoms with E-state index in [2.05, 4.69) is 9.97 Å². The Morgan fingerprint density at radius 2 is 2.10 bits per heavy atom. The fourth-order valence-electron chi connectivity index (χ4n) is 1.67. The lowest BCUT2D eigenvalue weighted by Gasteiger charge is -1.99. The molecule has 0 spiro atoms. The number of nitrogens with one attached hydrogen (secondary N) is 2. The molecule has 0 aliphatic heterocycles. The first-order valence-electron chi connectivity index (χ1n) is 5.61. The van der Waals surface area contributed by atoms with E-state index in [1.54, 1.807) is 31.2 Å². The summed E-state index contributed by atoms with van der Waals surface area (Å²) in [7, 11) is -3.62. The second-order valence-corrected chi connectivity index (χ2v) is 6.46. The summed E-state index contributed by atoms with van der Waals surface area (Å²) in [4.78, 5) is 18.8. The van der Waals surface area contributed by atoms with Crippen molar-refractivity contribution in [3.05, 3.63) is 40.7 Å².